The van der Waals surface area contributed by atoms with Crippen LogP contribution in [0.5, 0.6) is 0 Å². The molecule has 1 saturated heterocycles. The van der Waals surface area contributed by atoms with E-state index in [1.165, 1.54) is 0 Å². The van der Waals surface area contributed by atoms with E-state index in [-0.39, 0.29) is 6.10 Å². The summed E-state index contributed by atoms with van der Waals surface area (Å²) < 4.78 is 27.3. The highest BCUT2D eigenvalue weighted by molar-refractivity contribution is 8.15. The lowest BCUT2D eigenvalue weighted by molar-refractivity contribution is 0.00919. The zero-order chi connectivity index (χ0) is 9.53. The number of ether oxygens (including phenoxy) is 1. The quantitative estimate of drug-likeness (QED) is 0.670. The largest absolute Gasteiger partial charge is 0.377 e. The molecule has 1 aliphatic heterocycles. The third-order valence-corrected chi connectivity index (χ3v) is 5.56. The fourth-order valence-electron chi connectivity index (χ4n) is 2.00. The maximum Gasteiger partial charge on any atom is 0.240 e. The highest BCUT2D eigenvalue weighted by atomic mass is 35.7. The van der Waals surface area contributed by atoms with Crippen LogP contribution in [0.1, 0.15) is 32.1 Å². The average Bonchev–Trinajstić information content (AvgIpc) is 2.84. The van der Waals surface area contributed by atoms with Crippen molar-refractivity contribution >= 4 is 19.7 Å². The molecular weight excluding hydrogens is 212 g/mol. The van der Waals surface area contributed by atoms with Gasteiger partial charge < -0.3 is 4.74 Å². The molecule has 1 atom stereocenters. The summed E-state index contributed by atoms with van der Waals surface area (Å²) in [4.78, 5) is 0. The predicted molar refractivity (Wildman–Crippen MR) is 50.3 cm³/mol. The van der Waals surface area contributed by atoms with E-state index in [4.69, 9.17) is 15.4 Å². The van der Waals surface area contributed by atoms with Gasteiger partial charge >= 0.3 is 0 Å². The minimum atomic E-state index is -3.44. The first-order valence-corrected chi connectivity index (χ1v) is 6.93. The van der Waals surface area contributed by atoms with Crippen LogP contribution in [0, 0.1) is 0 Å². The van der Waals surface area contributed by atoms with Crippen molar-refractivity contribution in [3.05, 3.63) is 0 Å². The lowest BCUT2D eigenvalue weighted by Crippen LogP contribution is -2.38. The summed E-state index contributed by atoms with van der Waals surface area (Å²) in [6.07, 6.45) is 4.12. The molecule has 0 N–H and O–H groups in total. The van der Waals surface area contributed by atoms with Crippen LogP contribution in [0.2, 0.25) is 0 Å². The van der Waals surface area contributed by atoms with Crippen molar-refractivity contribution in [2.75, 3.05) is 6.61 Å². The van der Waals surface area contributed by atoms with Crippen LogP contribution >= 0.6 is 10.7 Å². The van der Waals surface area contributed by atoms with Crippen LogP contribution in [0.25, 0.3) is 0 Å². The summed E-state index contributed by atoms with van der Waals surface area (Å²) in [5, 5.41) is 0. The Morgan fingerprint density at radius 1 is 1.31 bits per heavy atom. The zero-order valence-electron chi connectivity index (χ0n) is 7.33. The van der Waals surface area contributed by atoms with Gasteiger partial charge in [-0.1, -0.05) is 0 Å². The van der Waals surface area contributed by atoms with E-state index in [1.807, 2.05) is 0 Å². The highest BCUT2D eigenvalue weighted by Gasteiger charge is 2.60. The number of hydrogen-bond donors (Lipinski definition) is 0. The van der Waals surface area contributed by atoms with Gasteiger partial charge in [-0.05, 0) is 32.1 Å². The molecular formula is C8H13ClO3S. The standard InChI is InChI=1S/C8H13ClO3S/c9-13(10,11)8(4-5-8)7-3-1-2-6-12-7/h7H,1-6H2. The molecule has 2 fully saturated rings. The maximum absolute atomic E-state index is 11.3. The summed E-state index contributed by atoms with van der Waals surface area (Å²) >= 11 is 0. The van der Waals surface area contributed by atoms with Crippen LogP contribution in [-0.4, -0.2) is 25.9 Å². The molecule has 1 aliphatic carbocycles. The second-order valence-electron chi connectivity index (χ2n) is 3.86. The predicted octanol–water partition coefficient (Wildman–Crippen LogP) is 1.66. The molecule has 0 amide bonds. The van der Waals surface area contributed by atoms with Gasteiger partial charge in [0.15, 0.2) is 0 Å². The third-order valence-electron chi connectivity index (χ3n) is 2.99. The van der Waals surface area contributed by atoms with Crippen molar-refractivity contribution in [3.8, 4) is 0 Å². The minimum Gasteiger partial charge on any atom is -0.377 e. The van der Waals surface area contributed by atoms with Gasteiger partial charge in [-0.15, -0.1) is 0 Å². The van der Waals surface area contributed by atoms with Gasteiger partial charge in [0.1, 0.15) is 4.75 Å². The van der Waals surface area contributed by atoms with E-state index in [2.05, 4.69) is 0 Å². The van der Waals surface area contributed by atoms with Crippen LogP contribution in [0.3, 0.4) is 0 Å². The summed E-state index contributed by atoms with van der Waals surface area (Å²) in [7, 11) is 1.97. The Labute approximate surface area is 82.8 Å². The molecule has 3 nitrogen and oxygen atoms in total. The average molecular weight is 225 g/mol. The van der Waals surface area contributed by atoms with Gasteiger partial charge in [-0.25, -0.2) is 8.42 Å². The minimum absolute atomic E-state index is 0.149. The van der Waals surface area contributed by atoms with Gasteiger partial charge in [0.05, 0.1) is 6.10 Å². The first-order chi connectivity index (χ1) is 6.06. The monoisotopic (exact) mass is 224 g/mol. The molecule has 5 heteroatoms. The summed E-state index contributed by atoms with van der Waals surface area (Å²) in [6.45, 7) is 0.679. The van der Waals surface area contributed by atoms with Gasteiger partial charge in [-0.3, -0.25) is 0 Å². The first-order valence-electron chi connectivity index (χ1n) is 4.62. The van der Waals surface area contributed by atoms with E-state index in [9.17, 15) is 8.42 Å². The van der Waals surface area contributed by atoms with E-state index in [0.717, 1.165) is 19.3 Å². The van der Waals surface area contributed by atoms with Crippen molar-refractivity contribution in [2.24, 2.45) is 0 Å². The second kappa shape index (κ2) is 3.11. The number of hydrogen-bond acceptors (Lipinski definition) is 3. The van der Waals surface area contributed by atoms with Crippen LogP contribution in [0.15, 0.2) is 0 Å². The summed E-state index contributed by atoms with van der Waals surface area (Å²) in [5.41, 5.74) is 0. The topological polar surface area (TPSA) is 43.4 Å². The lowest BCUT2D eigenvalue weighted by atomic mass is 10.1. The number of rotatable bonds is 2. The Kier molecular flexibility index (Phi) is 2.33. The van der Waals surface area contributed by atoms with E-state index >= 15 is 0 Å². The van der Waals surface area contributed by atoms with Crippen LogP contribution in [-0.2, 0) is 13.8 Å². The number of halogens is 1. The zero-order valence-corrected chi connectivity index (χ0v) is 8.90. The Morgan fingerprint density at radius 3 is 2.38 bits per heavy atom. The SMILES string of the molecule is O=S(=O)(Cl)C1(C2CCCCO2)CC1. The third kappa shape index (κ3) is 1.60. The normalized spacial score (nSPS) is 32.8. The molecule has 0 aromatic carbocycles. The van der Waals surface area contributed by atoms with Crippen molar-refractivity contribution in [3.63, 3.8) is 0 Å². The molecule has 13 heavy (non-hydrogen) atoms. The smallest absolute Gasteiger partial charge is 0.240 e. The Bertz CT molecular complexity index is 289. The fraction of sp³-hybridized carbons (Fsp3) is 1.00. The van der Waals surface area contributed by atoms with Crippen LogP contribution < -0.4 is 0 Å². The molecule has 1 unspecified atom stereocenters. The molecule has 76 valence electrons. The summed E-state index contributed by atoms with van der Waals surface area (Å²) in [6, 6.07) is 0. The van der Waals surface area contributed by atoms with Crippen molar-refractivity contribution in [1.29, 1.82) is 0 Å². The van der Waals surface area contributed by atoms with Gasteiger partial charge in [-0.2, -0.15) is 0 Å². The molecule has 0 spiro atoms. The molecule has 1 saturated carbocycles. The van der Waals surface area contributed by atoms with Crippen LogP contribution in [0.4, 0.5) is 0 Å². The van der Waals surface area contributed by atoms with E-state index < -0.39 is 13.8 Å². The Balaban J connectivity index is 2.15. The molecule has 0 bridgehead atoms. The molecule has 0 aromatic heterocycles. The van der Waals surface area contributed by atoms with Crippen molar-refractivity contribution < 1.29 is 13.2 Å². The van der Waals surface area contributed by atoms with Crippen molar-refractivity contribution in [2.45, 2.75) is 43.0 Å². The first kappa shape index (κ1) is 9.74. The van der Waals surface area contributed by atoms with Gasteiger partial charge in [0.2, 0.25) is 9.05 Å². The molecule has 0 aromatic rings. The lowest BCUT2D eigenvalue weighted by Gasteiger charge is -2.28. The van der Waals surface area contributed by atoms with Crippen molar-refractivity contribution in [1.82, 2.24) is 0 Å². The van der Waals surface area contributed by atoms with E-state index in [1.54, 1.807) is 0 Å². The Morgan fingerprint density at radius 2 is 2.00 bits per heavy atom. The molecule has 0 radical (unpaired) electrons. The van der Waals surface area contributed by atoms with Gasteiger partial charge in [0, 0.05) is 17.3 Å². The summed E-state index contributed by atoms with van der Waals surface area (Å²) in [5.74, 6) is 0. The highest BCUT2D eigenvalue weighted by Crippen LogP contribution is 2.51. The molecule has 1 heterocycles. The second-order valence-corrected chi connectivity index (χ2v) is 6.77. The maximum atomic E-state index is 11.3. The molecule has 2 aliphatic rings. The Hall–Kier alpha value is 0.200. The fourth-order valence-corrected chi connectivity index (χ4v) is 3.85. The van der Waals surface area contributed by atoms with Gasteiger partial charge in [0.25, 0.3) is 0 Å². The molecule has 2 rings (SSSR count). The van der Waals surface area contributed by atoms with E-state index in [0.29, 0.717) is 19.4 Å².